The maximum atomic E-state index is 12.0. The van der Waals surface area contributed by atoms with Crippen molar-refractivity contribution in [2.75, 3.05) is 0 Å². The van der Waals surface area contributed by atoms with Crippen LogP contribution in [0.3, 0.4) is 0 Å². The molecule has 0 atom stereocenters. The lowest BCUT2D eigenvalue weighted by atomic mass is 10.1. The molecule has 0 spiro atoms. The number of Topliss-reactive ketones (excluding diaryl/α,β-unsaturated/α-hetero) is 1. The molecule has 0 heterocycles. The first kappa shape index (κ1) is 10.4. The van der Waals surface area contributed by atoms with Crippen LogP contribution in [0, 0.1) is 6.92 Å². The molecule has 4 nitrogen and oxygen atoms in total. The number of hydrogen-bond acceptors (Lipinski definition) is 3. The summed E-state index contributed by atoms with van der Waals surface area (Å²) in [4.78, 5) is 12.0. The number of hydrogen-bond donors (Lipinski definition) is 2. The van der Waals surface area contributed by atoms with Crippen LogP contribution in [0.15, 0.2) is 40.5 Å². The average Bonchev–Trinajstić information content (AvgIpc) is 3.07. The van der Waals surface area contributed by atoms with E-state index in [-0.39, 0.29) is 11.6 Å². The predicted molar refractivity (Wildman–Crippen MR) is 63.0 cm³/mol. The molecule has 0 unspecified atom stereocenters. The molecule has 4 heteroatoms. The zero-order valence-electron chi connectivity index (χ0n) is 9.03. The predicted octanol–water partition coefficient (Wildman–Crippen LogP) is 1.11. The van der Waals surface area contributed by atoms with Gasteiger partial charge in [-0.2, -0.15) is 5.10 Å². The summed E-state index contributed by atoms with van der Waals surface area (Å²) in [5.41, 5.74) is 8.77. The fourth-order valence-corrected chi connectivity index (χ4v) is 1.63. The summed E-state index contributed by atoms with van der Waals surface area (Å²) in [5.74, 6) is 5.33. The van der Waals surface area contributed by atoms with E-state index in [9.17, 15) is 4.79 Å². The highest BCUT2D eigenvalue weighted by Crippen LogP contribution is 2.33. The Bertz CT molecular complexity index is 515. The number of allylic oxidation sites excluding steroid dienone is 1. The van der Waals surface area contributed by atoms with Crippen molar-refractivity contribution in [1.29, 1.82) is 0 Å². The van der Waals surface area contributed by atoms with E-state index in [0.717, 1.165) is 16.7 Å². The van der Waals surface area contributed by atoms with Gasteiger partial charge in [0.1, 0.15) is 5.84 Å². The van der Waals surface area contributed by atoms with Crippen LogP contribution in [0.5, 0.6) is 0 Å². The number of nitrogens with zero attached hydrogens (tertiary/aromatic N) is 1. The molecule has 1 aromatic rings. The van der Waals surface area contributed by atoms with Crippen molar-refractivity contribution in [3.05, 3.63) is 46.5 Å². The summed E-state index contributed by atoms with van der Waals surface area (Å²) in [6, 6.07) is 7.48. The van der Waals surface area contributed by atoms with Crippen LogP contribution in [0.25, 0.3) is 0 Å². The van der Waals surface area contributed by atoms with Crippen molar-refractivity contribution in [3.8, 4) is 0 Å². The van der Waals surface area contributed by atoms with Gasteiger partial charge in [-0.05, 0) is 13.0 Å². The van der Waals surface area contributed by atoms with Crippen molar-refractivity contribution >= 4 is 11.6 Å². The SMILES string of the molecule is Cc1cccc(C(=O)C2=C(C(N)=NN)C2)c1. The van der Waals surface area contributed by atoms with E-state index in [1.807, 2.05) is 25.1 Å². The molecule has 0 radical (unpaired) electrons. The molecule has 0 saturated carbocycles. The standard InChI is InChI=1S/C12H13N3O/c1-7-3-2-4-8(5-7)11(16)9-6-10(9)12(13)15-14/h2-5H,6,14H2,1H3,(H2,13,15). The monoisotopic (exact) mass is 215 g/mol. The van der Waals surface area contributed by atoms with E-state index in [0.29, 0.717) is 12.0 Å². The molecule has 0 amide bonds. The minimum atomic E-state index is 0.0188. The third-order valence-corrected chi connectivity index (χ3v) is 2.60. The van der Waals surface area contributed by atoms with Crippen LogP contribution in [-0.2, 0) is 0 Å². The topological polar surface area (TPSA) is 81.5 Å². The molecule has 0 saturated heterocycles. The highest BCUT2D eigenvalue weighted by atomic mass is 16.1. The smallest absolute Gasteiger partial charge is 0.189 e. The first-order chi connectivity index (χ1) is 7.63. The molecular formula is C12H13N3O. The summed E-state index contributed by atoms with van der Waals surface area (Å²) in [5, 5.41) is 3.38. The number of carbonyl (C=O) groups excluding carboxylic acids is 1. The number of hydrazone groups is 1. The van der Waals surface area contributed by atoms with Gasteiger partial charge >= 0.3 is 0 Å². The lowest BCUT2D eigenvalue weighted by Crippen LogP contribution is -2.12. The van der Waals surface area contributed by atoms with Gasteiger partial charge in [-0.15, -0.1) is 0 Å². The molecule has 0 fully saturated rings. The lowest BCUT2D eigenvalue weighted by Gasteiger charge is -1.97. The van der Waals surface area contributed by atoms with Crippen molar-refractivity contribution in [2.24, 2.45) is 16.7 Å². The van der Waals surface area contributed by atoms with E-state index >= 15 is 0 Å². The van der Waals surface area contributed by atoms with Gasteiger partial charge in [0.25, 0.3) is 0 Å². The number of carbonyl (C=O) groups is 1. The number of aryl methyl sites for hydroxylation is 1. The van der Waals surface area contributed by atoms with Crippen LogP contribution in [0.1, 0.15) is 22.3 Å². The molecule has 16 heavy (non-hydrogen) atoms. The number of rotatable bonds is 3. The van der Waals surface area contributed by atoms with Crippen molar-refractivity contribution in [1.82, 2.24) is 0 Å². The first-order valence-electron chi connectivity index (χ1n) is 5.00. The number of ketones is 1. The second-order valence-corrected chi connectivity index (χ2v) is 3.85. The van der Waals surface area contributed by atoms with Crippen LogP contribution >= 0.6 is 0 Å². The Morgan fingerprint density at radius 3 is 2.75 bits per heavy atom. The summed E-state index contributed by atoms with van der Waals surface area (Å²) in [7, 11) is 0. The Balaban J connectivity index is 2.26. The second-order valence-electron chi connectivity index (χ2n) is 3.85. The van der Waals surface area contributed by atoms with Gasteiger partial charge in [0.2, 0.25) is 0 Å². The fourth-order valence-electron chi connectivity index (χ4n) is 1.63. The van der Waals surface area contributed by atoms with Crippen LogP contribution in [0.2, 0.25) is 0 Å². The maximum absolute atomic E-state index is 12.0. The Kier molecular flexibility index (Phi) is 2.48. The molecule has 1 aliphatic carbocycles. The molecular weight excluding hydrogens is 202 g/mol. The molecule has 4 N–H and O–H groups in total. The van der Waals surface area contributed by atoms with Crippen molar-refractivity contribution < 1.29 is 4.79 Å². The third-order valence-electron chi connectivity index (χ3n) is 2.60. The van der Waals surface area contributed by atoms with Gasteiger partial charge in [0.15, 0.2) is 5.78 Å². The van der Waals surface area contributed by atoms with Gasteiger partial charge in [-0.25, -0.2) is 0 Å². The Labute approximate surface area is 93.6 Å². The highest BCUT2D eigenvalue weighted by molar-refractivity contribution is 6.20. The molecule has 1 aromatic carbocycles. The molecule has 0 bridgehead atoms. The first-order valence-corrected chi connectivity index (χ1v) is 5.00. The van der Waals surface area contributed by atoms with E-state index < -0.39 is 0 Å². The van der Waals surface area contributed by atoms with Gasteiger partial charge < -0.3 is 11.6 Å². The Morgan fingerprint density at radius 1 is 1.38 bits per heavy atom. The summed E-state index contributed by atoms with van der Waals surface area (Å²) >= 11 is 0. The molecule has 0 aromatic heterocycles. The highest BCUT2D eigenvalue weighted by Gasteiger charge is 2.31. The van der Waals surface area contributed by atoms with Gasteiger partial charge in [0.05, 0.1) is 0 Å². The van der Waals surface area contributed by atoms with Crippen LogP contribution in [-0.4, -0.2) is 11.6 Å². The maximum Gasteiger partial charge on any atom is 0.189 e. The summed E-state index contributed by atoms with van der Waals surface area (Å²) in [6.07, 6.45) is 0.597. The van der Waals surface area contributed by atoms with E-state index in [4.69, 9.17) is 11.6 Å². The largest absolute Gasteiger partial charge is 0.382 e. The number of nitrogens with two attached hydrogens (primary N) is 2. The van der Waals surface area contributed by atoms with Crippen LogP contribution < -0.4 is 11.6 Å². The zero-order chi connectivity index (χ0) is 11.7. The van der Waals surface area contributed by atoms with E-state index in [1.165, 1.54) is 0 Å². The Morgan fingerprint density at radius 2 is 2.12 bits per heavy atom. The molecule has 82 valence electrons. The van der Waals surface area contributed by atoms with E-state index in [2.05, 4.69) is 5.10 Å². The van der Waals surface area contributed by atoms with E-state index in [1.54, 1.807) is 6.07 Å². The average molecular weight is 215 g/mol. The van der Waals surface area contributed by atoms with Gasteiger partial charge in [0, 0.05) is 23.1 Å². The van der Waals surface area contributed by atoms with Crippen LogP contribution in [0.4, 0.5) is 0 Å². The molecule has 2 rings (SSSR count). The van der Waals surface area contributed by atoms with Gasteiger partial charge in [-0.1, -0.05) is 23.8 Å². The fraction of sp³-hybridized carbons (Fsp3) is 0.167. The number of benzene rings is 1. The van der Waals surface area contributed by atoms with Crippen molar-refractivity contribution in [2.45, 2.75) is 13.3 Å². The minimum Gasteiger partial charge on any atom is -0.382 e. The van der Waals surface area contributed by atoms with Gasteiger partial charge in [-0.3, -0.25) is 4.79 Å². The quantitative estimate of drug-likeness (QED) is 0.260. The third kappa shape index (κ3) is 1.82. The normalized spacial score (nSPS) is 15.2. The summed E-state index contributed by atoms with van der Waals surface area (Å²) in [6.45, 7) is 1.95. The number of amidine groups is 1. The molecule has 1 aliphatic rings. The lowest BCUT2D eigenvalue weighted by molar-refractivity contribution is 0.103. The molecule has 0 aliphatic heterocycles. The minimum absolute atomic E-state index is 0.0188. The summed E-state index contributed by atoms with van der Waals surface area (Å²) < 4.78 is 0. The Hall–Kier alpha value is -2.10. The zero-order valence-corrected chi connectivity index (χ0v) is 9.03. The second kappa shape index (κ2) is 3.81. The van der Waals surface area contributed by atoms with Crippen molar-refractivity contribution in [3.63, 3.8) is 0 Å².